The van der Waals surface area contributed by atoms with E-state index < -0.39 is 0 Å². The summed E-state index contributed by atoms with van der Waals surface area (Å²) in [6, 6.07) is 12.0. The summed E-state index contributed by atoms with van der Waals surface area (Å²) in [4.78, 5) is 8.58. The molecule has 0 atom stereocenters. The van der Waals surface area contributed by atoms with Crippen LogP contribution in [0.4, 0.5) is 20.2 Å². The Kier molecular flexibility index (Phi) is 4.35. The third-order valence-electron chi connectivity index (χ3n) is 2.73. The Morgan fingerprint density at radius 1 is 0.750 bits per heavy atom. The van der Waals surface area contributed by atoms with Crippen LogP contribution < -0.4 is 0 Å². The minimum absolute atomic E-state index is 0.334. The summed E-state index contributed by atoms with van der Waals surface area (Å²) in [5.74, 6) is -0.669. The molecule has 0 N–H and O–H groups in total. The Balaban J connectivity index is 2.26. The maximum Gasteiger partial charge on any atom is 0.125 e. The van der Waals surface area contributed by atoms with Gasteiger partial charge in [0.15, 0.2) is 0 Å². The second-order valence-electron chi connectivity index (χ2n) is 4.35. The molecule has 0 fully saturated rings. The fourth-order valence-corrected chi connectivity index (χ4v) is 1.64. The Bertz CT molecular complexity index is 616. The molecule has 0 aromatic heterocycles. The lowest BCUT2D eigenvalue weighted by atomic mass is 10.2. The summed E-state index contributed by atoms with van der Waals surface area (Å²) < 4.78 is 26.1. The first-order chi connectivity index (χ1) is 9.54. The van der Waals surface area contributed by atoms with Gasteiger partial charge in [0.05, 0.1) is 22.8 Å². The molecule has 0 bridgehead atoms. The molecule has 0 saturated heterocycles. The minimum atomic E-state index is -0.334. The molecule has 2 rings (SSSR count). The number of aliphatic imine (C=N–C) groups is 2. The molecule has 0 radical (unpaired) electrons. The van der Waals surface area contributed by atoms with Crippen LogP contribution in [0.25, 0.3) is 0 Å². The highest BCUT2D eigenvalue weighted by Crippen LogP contribution is 2.16. The molecule has 2 aromatic rings. The normalized spacial score (nSPS) is 12.6. The largest absolute Gasteiger partial charge is 0.252 e. The summed E-state index contributed by atoms with van der Waals surface area (Å²) >= 11 is 0. The molecular weight excluding hydrogens is 258 g/mol. The summed E-state index contributed by atoms with van der Waals surface area (Å²) in [5.41, 5.74) is 2.35. The van der Waals surface area contributed by atoms with Crippen molar-refractivity contribution in [2.75, 3.05) is 0 Å². The van der Waals surface area contributed by atoms with E-state index in [-0.39, 0.29) is 11.6 Å². The van der Waals surface area contributed by atoms with E-state index >= 15 is 0 Å². The van der Waals surface area contributed by atoms with E-state index in [0.29, 0.717) is 22.8 Å². The van der Waals surface area contributed by atoms with Crippen LogP contribution in [0, 0.1) is 11.6 Å². The van der Waals surface area contributed by atoms with Gasteiger partial charge >= 0.3 is 0 Å². The summed E-state index contributed by atoms with van der Waals surface area (Å²) in [7, 11) is 0. The Morgan fingerprint density at radius 2 is 1.15 bits per heavy atom. The lowest BCUT2D eigenvalue weighted by Gasteiger charge is -2.02. The molecule has 4 heteroatoms. The fraction of sp³-hybridized carbons (Fsp3) is 0.125. The zero-order valence-corrected chi connectivity index (χ0v) is 11.3. The third kappa shape index (κ3) is 3.82. The van der Waals surface area contributed by atoms with Crippen LogP contribution in [-0.2, 0) is 0 Å². The molecule has 0 aliphatic heterocycles. The number of hydrogen-bond donors (Lipinski definition) is 0. The van der Waals surface area contributed by atoms with Crippen LogP contribution in [-0.4, -0.2) is 11.4 Å². The van der Waals surface area contributed by atoms with E-state index in [1.54, 1.807) is 38.1 Å². The van der Waals surface area contributed by atoms with E-state index in [9.17, 15) is 8.78 Å². The van der Waals surface area contributed by atoms with Gasteiger partial charge in [0.1, 0.15) is 11.6 Å². The van der Waals surface area contributed by atoms with Crippen molar-refractivity contribution < 1.29 is 8.78 Å². The zero-order valence-electron chi connectivity index (χ0n) is 11.3. The van der Waals surface area contributed by atoms with Crippen LogP contribution in [0.2, 0.25) is 0 Å². The average Bonchev–Trinajstić information content (AvgIpc) is 2.38. The number of halogens is 2. The second-order valence-corrected chi connectivity index (χ2v) is 4.35. The minimum Gasteiger partial charge on any atom is -0.252 e. The first-order valence-corrected chi connectivity index (χ1v) is 6.17. The molecular formula is C16H14F2N2. The molecule has 0 aliphatic rings. The van der Waals surface area contributed by atoms with Gasteiger partial charge in [-0.2, -0.15) is 0 Å². The van der Waals surface area contributed by atoms with E-state index in [0.717, 1.165) is 0 Å². The molecule has 0 unspecified atom stereocenters. The number of rotatable bonds is 3. The van der Waals surface area contributed by atoms with Gasteiger partial charge in [0.2, 0.25) is 0 Å². The molecule has 0 spiro atoms. The monoisotopic (exact) mass is 272 g/mol. The topological polar surface area (TPSA) is 24.7 Å². The van der Waals surface area contributed by atoms with Crippen LogP contribution in [0.1, 0.15) is 13.8 Å². The number of benzene rings is 2. The van der Waals surface area contributed by atoms with Crippen molar-refractivity contribution >= 4 is 22.8 Å². The zero-order chi connectivity index (χ0) is 14.5. The summed E-state index contributed by atoms with van der Waals surface area (Å²) in [6.07, 6.45) is 0. The van der Waals surface area contributed by atoms with Crippen molar-refractivity contribution in [1.82, 2.24) is 0 Å². The quantitative estimate of drug-likeness (QED) is 0.713. The van der Waals surface area contributed by atoms with Gasteiger partial charge in [-0.15, -0.1) is 0 Å². The number of hydrogen-bond acceptors (Lipinski definition) is 2. The van der Waals surface area contributed by atoms with Crippen molar-refractivity contribution in [1.29, 1.82) is 0 Å². The first-order valence-electron chi connectivity index (χ1n) is 6.17. The fourth-order valence-electron chi connectivity index (χ4n) is 1.64. The summed E-state index contributed by atoms with van der Waals surface area (Å²) in [5, 5.41) is 0. The molecule has 20 heavy (non-hydrogen) atoms. The van der Waals surface area contributed by atoms with Crippen molar-refractivity contribution in [3.8, 4) is 0 Å². The molecule has 0 saturated carbocycles. The van der Waals surface area contributed by atoms with E-state index in [4.69, 9.17) is 0 Å². The highest BCUT2D eigenvalue weighted by molar-refractivity contribution is 6.41. The van der Waals surface area contributed by atoms with Crippen LogP contribution >= 0.6 is 0 Å². The van der Waals surface area contributed by atoms with E-state index in [1.165, 1.54) is 24.3 Å². The predicted octanol–water partition coefficient (Wildman–Crippen LogP) is 4.85. The van der Waals surface area contributed by atoms with Crippen molar-refractivity contribution in [2.24, 2.45) is 9.98 Å². The predicted molar refractivity (Wildman–Crippen MR) is 78.3 cm³/mol. The van der Waals surface area contributed by atoms with Crippen LogP contribution in [0.3, 0.4) is 0 Å². The van der Waals surface area contributed by atoms with Gasteiger partial charge in [-0.25, -0.2) is 8.78 Å². The SMILES string of the molecule is CC(=Nc1cccc(F)c1)C(C)=Nc1cccc(F)c1. The molecule has 0 amide bonds. The van der Waals surface area contributed by atoms with Crippen LogP contribution in [0.5, 0.6) is 0 Å². The number of nitrogens with zero attached hydrogens (tertiary/aromatic N) is 2. The third-order valence-corrected chi connectivity index (χ3v) is 2.73. The van der Waals surface area contributed by atoms with Gasteiger partial charge in [0.25, 0.3) is 0 Å². The van der Waals surface area contributed by atoms with Gasteiger partial charge in [-0.3, -0.25) is 9.98 Å². The maximum atomic E-state index is 13.1. The average molecular weight is 272 g/mol. The van der Waals surface area contributed by atoms with Gasteiger partial charge in [0, 0.05) is 0 Å². The molecule has 102 valence electrons. The Hall–Kier alpha value is -2.36. The maximum absolute atomic E-state index is 13.1. The van der Waals surface area contributed by atoms with Crippen molar-refractivity contribution in [3.63, 3.8) is 0 Å². The highest BCUT2D eigenvalue weighted by atomic mass is 19.1. The molecule has 0 heterocycles. The summed E-state index contributed by atoms with van der Waals surface area (Å²) in [6.45, 7) is 3.56. The van der Waals surface area contributed by atoms with Gasteiger partial charge in [-0.05, 0) is 50.2 Å². The highest BCUT2D eigenvalue weighted by Gasteiger charge is 2.00. The lowest BCUT2D eigenvalue weighted by Crippen LogP contribution is -2.04. The van der Waals surface area contributed by atoms with Crippen molar-refractivity contribution in [2.45, 2.75) is 13.8 Å². The van der Waals surface area contributed by atoms with E-state index in [2.05, 4.69) is 9.98 Å². The molecule has 0 aliphatic carbocycles. The molecule has 2 nitrogen and oxygen atoms in total. The standard InChI is InChI=1S/C16H14F2N2/c1-11(19-15-7-3-5-13(17)9-15)12(2)20-16-8-4-6-14(18)10-16/h3-10H,1-2H3. The van der Waals surface area contributed by atoms with E-state index in [1.807, 2.05) is 0 Å². The molecule has 2 aromatic carbocycles. The smallest absolute Gasteiger partial charge is 0.125 e. The first kappa shape index (κ1) is 14.1. The van der Waals surface area contributed by atoms with Crippen LogP contribution in [0.15, 0.2) is 58.5 Å². The van der Waals surface area contributed by atoms with Gasteiger partial charge in [-0.1, -0.05) is 12.1 Å². The Morgan fingerprint density at radius 3 is 1.50 bits per heavy atom. The Labute approximate surface area is 116 Å². The lowest BCUT2D eigenvalue weighted by molar-refractivity contribution is 0.627. The van der Waals surface area contributed by atoms with Gasteiger partial charge < -0.3 is 0 Å². The van der Waals surface area contributed by atoms with Crippen molar-refractivity contribution in [3.05, 3.63) is 60.2 Å². The second kappa shape index (κ2) is 6.19.